The SMILES string of the molecule is O=S(O)NCc1ccc(-c2ccc3cnc(Nc4ccc(N5CCOCC5)cc4)nn23)cc1. The number of benzene rings is 2. The third kappa shape index (κ3) is 5.04. The number of nitrogens with one attached hydrogen (secondary N) is 2. The van der Waals surface area contributed by atoms with Gasteiger partial charge in [-0.05, 0) is 42.0 Å². The molecule has 1 aliphatic heterocycles. The molecule has 3 N–H and O–H groups in total. The molecule has 0 spiro atoms. The van der Waals surface area contributed by atoms with Gasteiger partial charge in [0.2, 0.25) is 17.2 Å². The lowest BCUT2D eigenvalue weighted by molar-refractivity contribution is 0.122. The molecule has 0 saturated carbocycles. The average molecular weight is 465 g/mol. The molecule has 4 aromatic rings. The lowest BCUT2D eigenvalue weighted by Crippen LogP contribution is -2.36. The van der Waals surface area contributed by atoms with Crippen molar-refractivity contribution in [3.05, 3.63) is 72.4 Å². The van der Waals surface area contributed by atoms with Gasteiger partial charge in [0.15, 0.2) is 0 Å². The first-order valence-corrected chi connectivity index (χ1v) is 11.7. The zero-order valence-electron chi connectivity index (χ0n) is 17.8. The minimum Gasteiger partial charge on any atom is -0.378 e. The minimum atomic E-state index is -2.03. The quantitative estimate of drug-likeness (QED) is 0.361. The Morgan fingerprint density at radius 2 is 1.76 bits per heavy atom. The molecule has 3 heterocycles. The smallest absolute Gasteiger partial charge is 0.245 e. The van der Waals surface area contributed by atoms with E-state index in [0.717, 1.165) is 54.3 Å². The molecule has 1 saturated heterocycles. The highest BCUT2D eigenvalue weighted by Gasteiger charge is 2.12. The molecule has 0 radical (unpaired) electrons. The van der Waals surface area contributed by atoms with Gasteiger partial charge in [0, 0.05) is 36.6 Å². The van der Waals surface area contributed by atoms with Gasteiger partial charge >= 0.3 is 0 Å². The van der Waals surface area contributed by atoms with Crippen molar-refractivity contribution in [2.24, 2.45) is 0 Å². The number of fused-ring (bicyclic) bond motifs is 1. The Kier molecular flexibility index (Phi) is 6.31. The second-order valence-corrected chi connectivity index (χ2v) is 8.46. The molecule has 0 amide bonds. The summed E-state index contributed by atoms with van der Waals surface area (Å²) in [6.45, 7) is 3.65. The summed E-state index contributed by atoms with van der Waals surface area (Å²) in [7, 11) is 0. The number of hydrogen-bond donors (Lipinski definition) is 3. The van der Waals surface area contributed by atoms with E-state index in [1.807, 2.05) is 53.0 Å². The summed E-state index contributed by atoms with van der Waals surface area (Å²) in [5, 5.41) is 7.97. The van der Waals surface area contributed by atoms with Crippen molar-refractivity contribution in [2.45, 2.75) is 6.54 Å². The van der Waals surface area contributed by atoms with Crippen molar-refractivity contribution in [3.8, 4) is 11.3 Å². The lowest BCUT2D eigenvalue weighted by atomic mass is 10.1. The monoisotopic (exact) mass is 464 g/mol. The molecular formula is C23H24N6O3S. The van der Waals surface area contributed by atoms with E-state index in [0.29, 0.717) is 12.5 Å². The summed E-state index contributed by atoms with van der Waals surface area (Å²) in [4.78, 5) is 6.76. The summed E-state index contributed by atoms with van der Waals surface area (Å²) in [5.41, 5.74) is 5.82. The summed E-state index contributed by atoms with van der Waals surface area (Å²) >= 11 is -2.03. The Balaban J connectivity index is 1.33. The molecule has 1 unspecified atom stereocenters. The molecule has 5 rings (SSSR count). The summed E-state index contributed by atoms with van der Waals surface area (Å²) < 4.78 is 29.4. The van der Waals surface area contributed by atoms with E-state index in [1.54, 1.807) is 6.20 Å². The Labute approximate surface area is 193 Å². The zero-order valence-corrected chi connectivity index (χ0v) is 18.7. The molecule has 10 heteroatoms. The molecule has 2 aromatic heterocycles. The van der Waals surface area contributed by atoms with E-state index in [-0.39, 0.29) is 0 Å². The van der Waals surface area contributed by atoms with Crippen LogP contribution in [0.2, 0.25) is 0 Å². The van der Waals surface area contributed by atoms with Gasteiger partial charge in [-0.3, -0.25) is 4.55 Å². The van der Waals surface area contributed by atoms with Gasteiger partial charge in [0.05, 0.1) is 30.6 Å². The van der Waals surface area contributed by atoms with Gasteiger partial charge in [0.25, 0.3) is 0 Å². The molecule has 170 valence electrons. The van der Waals surface area contributed by atoms with E-state index < -0.39 is 11.3 Å². The number of nitrogens with zero attached hydrogens (tertiary/aromatic N) is 4. The summed E-state index contributed by atoms with van der Waals surface area (Å²) in [6, 6.07) is 20.0. The van der Waals surface area contributed by atoms with E-state index in [9.17, 15) is 4.21 Å². The lowest BCUT2D eigenvalue weighted by Gasteiger charge is -2.28. The maximum atomic E-state index is 10.8. The van der Waals surface area contributed by atoms with Crippen LogP contribution in [-0.4, -0.2) is 49.7 Å². The highest BCUT2D eigenvalue weighted by Crippen LogP contribution is 2.24. The molecular weight excluding hydrogens is 440 g/mol. The maximum absolute atomic E-state index is 10.8. The maximum Gasteiger partial charge on any atom is 0.245 e. The second-order valence-electron chi connectivity index (χ2n) is 7.68. The molecule has 1 fully saturated rings. The van der Waals surface area contributed by atoms with Gasteiger partial charge in [-0.15, -0.1) is 5.10 Å². The van der Waals surface area contributed by atoms with Crippen molar-refractivity contribution in [1.29, 1.82) is 0 Å². The van der Waals surface area contributed by atoms with Crippen LogP contribution in [0, 0.1) is 0 Å². The average Bonchev–Trinajstić information content (AvgIpc) is 3.27. The van der Waals surface area contributed by atoms with Crippen molar-refractivity contribution >= 4 is 34.1 Å². The molecule has 2 aromatic carbocycles. The molecule has 9 nitrogen and oxygen atoms in total. The second kappa shape index (κ2) is 9.67. The highest BCUT2D eigenvalue weighted by molar-refractivity contribution is 7.77. The minimum absolute atomic E-state index is 0.318. The molecule has 1 atom stereocenters. The van der Waals surface area contributed by atoms with Gasteiger partial charge in [-0.25, -0.2) is 18.4 Å². The van der Waals surface area contributed by atoms with Gasteiger partial charge < -0.3 is 15.0 Å². The third-order valence-electron chi connectivity index (χ3n) is 5.55. The van der Waals surface area contributed by atoms with Gasteiger partial charge in [-0.1, -0.05) is 24.3 Å². The largest absolute Gasteiger partial charge is 0.378 e. The first-order chi connectivity index (χ1) is 16.2. The van der Waals surface area contributed by atoms with E-state index >= 15 is 0 Å². The molecule has 33 heavy (non-hydrogen) atoms. The van der Waals surface area contributed by atoms with Gasteiger partial charge in [-0.2, -0.15) is 0 Å². The fourth-order valence-electron chi connectivity index (χ4n) is 3.82. The Morgan fingerprint density at radius 3 is 2.48 bits per heavy atom. The van der Waals surface area contributed by atoms with Crippen molar-refractivity contribution in [2.75, 3.05) is 36.5 Å². The fraction of sp³-hybridized carbons (Fsp3) is 0.217. The van der Waals surface area contributed by atoms with E-state index in [2.05, 4.69) is 37.2 Å². The predicted octanol–water partition coefficient (Wildman–Crippen LogP) is 3.20. The molecule has 0 aliphatic carbocycles. The topological polar surface area (TPSA) is 104 Å². The van der Waals surface area contributed by atoms with Crippen molar-refractivity contribution < 1.29 is 13.5 Å². The zero-order chi connectivity index (χ0) is 22.6. The number of ether oxygens (including phenoxy) is 1. The number of morpholine rings is 1. The van der Waals surface area contributed by atoms with Crippen LogP contribution in [0.1, 0.15) is 5.56 Å². The highest BCUT2D eigenvalue weighted by atomic mass is 32.2. The number of anilines is 3. The van der Waals surface area contributed by atoms with Crippen LogP contribution < -0.4 is 14.9 Å². The Hall–Kier alpha value is -3.31. The summed E-state index contributed by atoms with van der Waals surface area (Å²) in [6.07, 6.45) is 1.79. The van der Waals surface area contributed by atoms with Crippen molar-refractivity contribution in [3.63, 3.8) is 0 Å². The van der Waals surface area contributed by atoms with Gasteiger partial charge in [0.1, 0.15) is 0 Å². The van der Waals surface area contributed by atoms with Crippen LogP contribution in [0.15, 0.2) is 66.9 Å². The first-order valence-electron chi connectivity index (χ1n) is 10.6. The normalized spacial score (nSPS) is 15.0. The standard InChI is InChI=1S/C23H24N6O3S/c30-33(31)25-15-17-1-3-18(4-2-17)22-10-9-21-16-24-23(27-29(21)22)26-19-5-7-20(8-6-19)28-11-13-32-14-12-28/h1-10,16,25H,11-15H2,(H,26,27)(H,30,31). The van der Waals surface area contributed by atoms with E-state index in [4.69, 9.17) is 9.29 Å². The van der Waals surface area contributed by atoms with Crippen molar-refractivity contribution in [1.82, 2.24) is 19.3 Å². The Bertz CT molecular complexity index is 1250. The predicted molar refractivity (Wildman–Crippen MR) is 129 cm³/mol. The Morgan fingerprint density at radius 1 is 1.00 bits per heavy atom. The van der Waals surface area contributed by atoms with Crippen LogP contribution in [0.4, 0.5) is 17.3 Å². The van der Waals surface area contributed by atoms with Crippen LogP contribution in [0.25, 0.3) is 16.8 Å². The third-order valence-corrected chi connectivity index (χ3v) is 5.94. The number of rotatable bonds is 7. The van der Waals surface area contributed by atoms with Crippen LogP contribution in [0.5, 0.6) is 0 Å². The molecule has 0 bridgehead atoms. The van der Waals surface area contributed by atoms with E-state index in [1.165, 1.54) is 5.69 Å². The number of hydrogen-bond acceptors (Lipinski definition) is 6. The fourth-order valence-corrected chi connectivity index (χ4v) is 4.11. The van der Waals surface area contributed by atoms with Crippen LogP contribution in [0.3, 0.4) is 0 Å². The first kappa shape index (κ1) is 21.5. The van der Waals surface area contributed by atoms with Crippen LogP contribution in [-0.2, 0) is 22.5 Å². The van der Waals surface area contributed by atoms with Crippen LogP contribution >= 0.6 is 0 Å². The summed E-state index contributed by atoms with van der Waals surface area (Å²) in [5.74, 6) is 0.505. The number of aromatic nitrogens is 3. The molecule has 1 aliphatic rings.